The molecule has 2 N–H and O–H groups in total. The van der Waals surface area contributed by atoms with E-state index in [4.69, 9.17) is 5.11 Å². The van der Waals surface area contributed by atoms with Crippen LogP contribution < -0.4 is 0 Å². The Morgan fingerprint density at radius 3 is 1.90 bits per heavy atom. The van der Waals surface area contributed by atoms with E-state index < -0.39 is 5.97 Å². The molecule has 0 heterocycles. The van der Waals surface area contributed by atoms with Crippen LogP contribution in [0, 0.1) is 46.3 Å². The van der Waals surface area contributed by atoms with Crippen LogP contribution in [0.5, 0.6) is 0 Å². The average Bonchev–Trinajstić information content (AvgIpc) is 3.40. The number of carbonyl (C=O) groups is 1. The van der Waals surface area contributed by atoms with E-state index in [1.165, 1.54) is 141 Å². The van der Waals surface area contributed by atoms with Crippen molar-refractivity contribution in [2.24, 2.45) is 46.3 Å². The molecule has 1 unspecified atom stereocenters. The Bertz CT molecular complexity index is 923. The minimum atomic E-state index is -0.653. The molecule has 3 nitrogen and oxygen atoms in total. The highest BCUT2D eigenvalue weighted by atomic mass is 16.4. The molecule has 3 heteroatoms. The molecule has 8 atom stereocenters. The largest absolute Gasteiger partial charge is 0.481 e. The molecule has 0 saturated heterocycles. The number of hydrogen-bond acceptors (Lipinski definition) is 2. The van der Waals surface area contributed by atoms with Gasteiger partial charge < -0.3 is 10.2 Å². The molecule has 0 amide bonds. The summed E-state index contributed by atoms with van der Waals surface area (Å²) in [6.45, 7) is 14.8. The lowest BCUT2D eigenvalue weighted by molar-refractivity contribution is -0.137. The molecule has 4 aliphatic rings. The summed E-state index contributed by atoms with van der Waals surface area (Å²) < 4.78 is 0. The number of carboxylic acid groups (broad SMARTS) is 1. The van der Waals surface area contributed by atoms with Gasteiger partial charge in [-0.25, -0.2) is 0 Å². The molecule has 0 spiro atoms. The van der Waals surface area contributed by atoms with Gasteiger partial charge in [-0.3, -0.25) is 4.79 Å². The Morgan fingerprint density at radius 1 is 0.750 bits per heavy atom. The van der Waals surface area contributed by atoms with Crippen LogP contribution in [0.25, 0.3) is 0 Å². The van der Waals surface area contributed by atoms with Crippen LogP contribution in [0.1, 0.15) is 215 Å². The second-order valence-electron chi connectivity index (χ2n) is 18.3. The van der Waals surface area contributed by atoms with Gasteiger partial charge in [0.05, 0.1) is 6.10 Å². The van der Waals surface area contributed by atoms with E-state index >= 15 is 0 Å². The van der Waals surface area contributed by atoms with Crippen LogP contribution in [0.3, 0.4) is 0 Å². The first-order valence-corrected chi connectivity index (χ1v) is 21.6. The fourth-order valence-corrected chi connectivity index (χ4v) is 11.3. The van der Waals surface area contributed by atoms with Gasteiger partial charge in [-0.05, 0) is 104 Å². The van der Waals surface area contributed by atoms with Crippen LogP contribution in [0.2, 0.25) is 0 Å². The van der Waals surface area contributed by atoms with Gasteiger partial charge >= 0.3 is 5.97 Å². The summed E-state index contributed by atoms with van der Waals surface area (Å²) in [7, 11) is 0. The summed E-state index contributed by atoms with van der Waals surface area (Å²) in [4.78, 5) is 10.3. The second-order valence-corrected chi connectivity index (χ2v) is 18.3. The lowest BCUT2D eigenvalue weighted by Gasteiger charge is -2.58. The highest BCUT2D eigenvalue weighted by Crippen LogP contribution is 2.67. The monoisotopic (exact) mass is 671 g/mol. The van der Waals surface area contributed by atoms with Gasteiger partial charge in [0.15, 0.2) is 0 Å². The Hall–Kier alpha value is -0.830. The van der Waals surface area contributed by atoms with Crippen LogP contribution in [0.4, 0.5) is 0 Å². The van der Waals surface area contributed by atoms with E-state index in [2.05, 4.69) is 47.6 Å². The van der Waals surface area contributed by atoms with Crippen molar-refractivity contribution in [3.05, 3.63) is 11.6 Å². The number of aliphatic carboxylic acids is 1. The highest BCUT2D eigenvalue weighted by molar-refractivity contribution is 5.66. The van der Waals surface area contributed by atoms with E-state index in [9.17, 15) is 9.90 Å². The quantitative estimate of drug-likeness (QED) is 0.0944. The summed E-state index contributed by atoms with van der Waals surface area (Å²) in [5.74, 6) is 4.80. The van der Waals surface area contributed by atoms with Crippen molar-refractivity contribution in [1.29, 1.82) is 0 Å². The molecule has 3 fully saturated rings. The molecule has 0 radical (unpaired) electrons. The highest BCUT2D eigenvalue weighted by Gasteiger charge is 2.59. The zero-order valence-corrected chi connectivity index (χ0v) is 33.0. The van der Waals surface area contributed by atoms with Crippen LogP contribution in [-0.4, -0.2) is 22.3 Å². The Morgan fingerprint density at radius 2 is 1.33 bits per heavy atom. The third-order valence-electron chi connectivity index (χ3n) is 14.3. The average molecular weight is 671 g/mol. The van der Waals surface area contributed by atoms with Gasteiger partial charge in [0, 0.05) is 6.42 Å². The van der Waals surface area contributed by atoms with Gasteiger partial charge in [0.2, 0.25) is 0 Å². The number of allylic oxidation sites excluding steroid dienone is 1. The summed E-state index contributed by atoms with van der Waals surface area (Å²) >= 11 is 0. The molecule has 4 aliphatic carbocycles. The SMILES string of the molecule is CC(C)CCCC(C)[C@H]1CC[C@H]2[C@@H]3CC=C4C[C@@H](O)CC[C@]4(C)[C@H]3CC[C@]12C.CCCCCCCCCCCCCCCCCC(=O)O. The van der Waals surface area contributed by atoms with E-state index in [1.807, 2.05) is 0 Å². The third-order valence-corrected chi connectivity index (χ3v) is 14.3. The number of aliphatic hydroxyl groups is 1. The van der Waals surface area contributed by atoms with E-state index in [1.54, 1.807) is 5.57 Å². The first kappa shape index (κ1) is 41.6. The van der Waals surface area contributed by atoms with Crippen LogP contribution >= 0.6 is 0 Å². The lowest BCUT2D eigenvalue weighted by Crippen LogP contribution is -2.50. The van der Waals surface area contributed by atoms with Crippen LogP contribution in [-0.2, 0) is 4.79 Å². The standard InChI is InChI=1S/C27H46O.C18H36O2/c1-18(2)7-6-8-19(3)23-11-12-24-22-10-9-20-17-21(28)13-15-26(20,4)25(22)14-16-27(23,24)5;1-2-3-4-5-6-7-8-9-10-11-12-13-14-15-16-17-18(19)20/h9,18-19,21-25,28H,6-8,10-17H2,1-5H3;2-17H2,1H3,(H,19,20)/t19?,21-,22-,23+,24-,25-,26-,27+;/m0./s1. The zero-order chi connectivity index (χ0) is 35.0. The van der Waals surface area contributed by atoms with E-state index in [-0.39, 0.29) is 6.10 Å². The Kier molecular flexibility index (Phi) is 18.6. The molecule has 280 valence electrons. The smallest absolute Gasteiger partial charge is 0.303 e. The summed E-state index contributed by atoms with van der Waals surface area (Å²) in [6, 6.07) is 0. The predicted molar refractivity (Wildman–Crippen MR) is 206 cm³/mol. The molecule has 48 heavy (non-hydrogen) atoms. The van der Waals surface area contributed by atoms with Crippen molar-refractivity contribution in [3.63, 3.8) is 0 Å². The van der Waals surface area contributed by atoms with Crippen molar-refractivity contribution in [2.45, 2.75) is 221 Å². The van der Waals surface area contributed by atoms with Gasteiger partial charge in [-0.15, -0.1) is 0 Å². The number of aliphatic hydroxyl groups excluding tert-OH is 1. The molecule has 0 aromatic heterocycles. The van der Waals surface area contributed by atoms with Crippen molar-refractivity contribution in [3.8, 4) is 0 Å². The predicted octanol–water partition coefficient (Wildman–Crippen LogP) is 13.7. The molecule has 0 aliphatic heterocycles. The van der Waals surface area contributed by atoms with E-state index in [0.717, 1.165) is 61.2 Å². The first-order chi connectivity index (χ1) is 23.0. The maximum Gasteiger partial charge on any atom is 0.303 e. The normalized spacial score (nSPS) is 31.7. The Balaban J connectivity index is 0.000000279. The maximum absolute atomic E-state index is 10.3. The van der Waals surface area contributed by atoms with Crippen molar-refractivity contribution in [1.82, 2.24) is 0 Å². The molecule has 4 rings (SSSR count). The van der Waals surface area contributed by atoms with Crippen molar-refractivity contribution in [2.75, 3.05) is 0 Å². The maximum atomic E-state index is 10.3. The summed E-state index contributed by atoms with van der Waals surface area (Å²) in [5, 5.41) is 18.7. The minimum Gasteiger partial charge on any atom is -0.481 e. The minimum absolute atomic E-state index is 0.0766. The number of unbranched alkanes of at least 4 members (excludes halogenated alkanes) is 14. The molecule has 0 aromatic carbocycles. The number of fused-ring (bicyclic) bond motifs is 5. The summed E-state index contributed by atoms with van der Waals surface area (Å²) in [5.41, 5.74) is 2.60. The third kappa shape index (κ3) is 12.4. The molecular weight excluding hydrogens is 588 g/mol. The van der Waals surface area contributed by atoms with Crippen molar-refractivity contribution >= 4 is 5.97 Å². The fourth-order valence-electron chi connectivity index (χ4n) is 11.3. The number of rotatable bonds is 21. The fraction of sp³-hybridized carbons (Fsp3) is 0.933. The van der Waals surface area contributed by atoms with Gasteiger partial charge in [0.25, 0.3) is 0 Å². The number of hydrogen-bond donors (Lipinski definition) is 2. The molecule has 3 saturated carbocycles. The summed E-state index contributed by atoms with van der Waals surface area (Å²) in [6.07, 6.45) is 37.4. The lowest BCUT2D eigenvalue weighted by atomic mass is 9.47. The van der Waals surface area contributed by atoms with Gasteiger partial charge in [-0.1, -0.05) is 162 Å². The molecular formula is C45H82O3. The van der Waals surface area contributed by atoms with Gasteiger partial charge in [-0.2, -0.15) is 0 Å². The Labute approximate surface area is 299 Å². The first-order valence-electron chi connectivity index (χ1n) is 21.6. The second kappa shape index (κ2) is 21.5. The zero-order valence-electron chi connectivity index (χ0n) is 33.0. The van der Waals surface area contributed by atoms with Crippen LogP contribution in [0.15, 0.2) is 11.6 Å². The van der Waals surface area contributed by atoms with Crippen molar-refractivity contribution < 1.29 is 15.0 Å². The van der Waals surface area contributed by atoms with E-state index in [0.29, 0.717) is 17.3 Å². The topological polar surface area (TPSA) is 57.5 Å². The number of carboxylic acids is 1. The van der Waals surface area contributed by atoms with Gasteiger partial charge in [0.1, 0.15) is 0 Å². The molecule has 0 bridgehead atoms. The molecule has 0 aromatic rings.